The molecule has 1 aromatic carbocycles. The fourth-order valence-electron chi connectivity index (χ4n) is 2.20. The number of hydrogen-bond acceptors (Lipinski definition) is 2. The summed E-state index contributed by atoms with van der Waals surface area (Å²) in [4.78, 5) is 4.20. The summed E-state index contributed by atoms with van der Waals surface area (Å²) in [5.74, 6) is 0. The maximum Gasteiger partial charge on any atom is 0.0954 e. The Labute approximate surface area is 102 Å². The molecule has 3 heteroatoms. The quantitative estimate of drug-likeness (QED) is 0.879. The highest BCUT2D eigenvalue weighted by molar-refractivity contribution is 5.29. The molecule has 0 amide bonds. The maximum atomic E-state index is 5.95. The lowest BCUT2D eigenvalue weighted by Crippen LogP contribution is -2.16. The number of imidazole rings is 1. The minimum atomic E-state index is 0.00367. The van der Waals surface area contributed by atoms with Crippen LogP contribution >= 0.6 is 0 Å². The van der Waals surface area contributed by atoms with E-state index in [4.69, 9.17) is 5.73 Å². The summed E-state index contributed by atoms with van der Waals surface area (Å²) in [6, 6.07) is 8.69. The molecule has 0 radical (unpaired) electrons. The molecule has 0 bridgehead atoms. The van der Waals surface area contributed by atoms with Crippen LogP contribution in [0.3, 0.4) is 0 Å². The highest BCUT2D eigenvalue weighted by atomic mass is 15.1. The van der Waals surface area contributed by atoms with Crippen molar-refractivity contribution in [3.8, 4) is 0 Å². The third kappa shape index (κ3) is 2.24. The Bertz CT molecular complexity index is 500. The fourth-order valence-corrected chi connectivity index (χ4v) is 2.20. The zero-order chi connectivity index (χ0) is 12.4. The molecule has 1 heterocycles. The molecular formula is C14H19N3. The van der Waals surface area contributed by atoms with Gasteiger partial charge in [0.05, 0.1) is 18.1 Å². The van der Waals surface area contributed by atoms with Gasteiger partial charge in [0, 0.05) is 12.2 Å². The second kappa shape index (κ2) is 4.72. The molecule has 0 aliphatic carbocycles. The van der Waals surface area contributed by atoms with Crippen molar-refractivity contribution in [1.82, 2.24) is 9.55 Å². The average molecular weight is 229 g/mol. The summed E-state index contributed by atoms with van der Waals surface area (Å²) in [7, 11) is 0. The van der Waals surface area contributed by atoms with Crippen LogP contribution in [0.4, 0.5) is 0 Å². The molecule has 0 aliphatic heterocycles. The first-order valence-corrected chi connectivity index (χ1v) is 5.94. The van der Waals surface area contributed by atoms with E-state index in [0.717, 1.165) is 5.69 Å². The van der Waals surface area contributed by atoms with Crippen molar-refractivity contribution < 1.29 is 0 Å². The van der Waals surface area contributed by atoms with Crippen LogP contribution in [0.1, 0.15) is 42.8 Å². The van der Waals surface area contributed by atoms with E-state index in [9.17, 15) is 0 Å². The van der Waals surface area contributed by atoms with Gasteiger partial charge >= 0.3 is 0 Å². The number of nitrogens with two attached hydrogens (primary N) is 1. The molecule has 0 saturated heterocycles. The third-order valence-electron chi connectivity index (χ3n) is 3.22. The fraction of sp³-hybridized carbons (Fsp3) is 0.357. The molecule has 2 atom stereocenters. The van der Waals surface area contributed by atoms with Crippen LogP contribution in [0.15, 0.2) is 36.8 Å². The van der Waals surface area contributed by atoms with Crippen molar-refractivity contribution in [3.63, 3.8) is 0 Å². The normalized spacial score (nSPS) is 14.6. The average Bonchev–Trinajstić information content (AvgIpc) is 2.77. The Kier molecular flexibility index (Phi) is 3.29. The topological polar surface area (TPSA) is 43.8 Å². The Morgan fingerprint density at radius 3 is 2.59 bits per heavy atom. The molecule has 0 saturated carbocycles. The molecule has 90 valence electrons. The molecule has 2 rings (SSSR count). The number of benzene rings is 1. The smallest absolute Gasteiger partial charge is 0.0954 e. The lowest BCUT2D eigenvalue weighted by molar-refractivity contribution is 0.580. The van der Waals surface area contributed by atoms with Crippen LogP contribution in [0.5, 0.6) is 0 Å². The first-order chi connectivity index (χ1) is 8.11. The first kappa shape index (κ1) is 11.9. The van der Waals surface area contributed by atoms with E-state index in [0.29, 0.717) is 0 Å². The van der Waals surface area contributed by atoms with Crippen molar-refractivity contribution in [2.75, 3.05) is 0 Å². The highest BCUT2D eigenvalue weighted by Gasteiger charge is 2.14. The van der Waals surface area contributed by atoms with E-state index in [-0.39, 0.29) is 12.1 Å². The van der Waals surface area contributed by atoms with Gasteiger partial charge in [0.2, 0.25) is 0 Å². The number of rotatable bonds is 3. The van der Waals surface area contributed by atoms with Crippen molar-refractivity contribution >= 4 is 0 Å². The van der Waals surface area contributed by atoms with E-state index in [1.807, 2.05) is 19.4 Å². The zero-order valence-electron chi connectivity index (χ0n) is 10.6. The van der Waals surface area contributed by atoms with Crippen LogP contribution in [-0.2, 0) is 0 Å². The van der Waals surface area contributed by atoms with Crippen LogP contribution in [0, 0.1) is 6.92 Å². The Morgan fingerprint density at radius 2 is 1.94 bits per heavy atom. The van der Waals surface area contributed by atoms with Gasteiger partial charge in [-0.3, -0.25) is 0 Å². The van der Waals surface area contributed by atoms with Gasteiger partial charge in [-0.15, -0.1) is 0 Å². The summed E-state index contributed by atoms with van der Waals surface area (Å²) in [6.45, 7) is 6.29. The van der Waals surface area contributed by atoms with E-state index in [1.165, 1.54) is 11.1 Å². The van der Waals surface area contributed by atoms with Crippen molar-refractivity contribution in [2.24, 2.45) is 5.73 Å². The summed E-state index contributed by atoms with van der Waals surface area (Å²) in [6.07, 6.45) is 3.70. The van der Waals surface area contributed by atoms with Gasteiger partial charge in [-0.1, -0.05) is 24.3 Å². The van der Waals surface area contributed by atoms with E-state index < -0.39 is 0 Å². The summed E-state index contributed by atoms with van der Waals surface area (Å²) in [5, 5.41) is 0. The Hall–Kier alpha value is -1.61. The molecule has 2 N–H and O–H groups in total. The van der Waals surface area contributed by atoms with E-state index in [2.05, 4.69) is 47.7 Å². The second-order valence-electron chi connectivity index (χ2n) is 4.55. The molecule has 1 aromatic heterocycles. The predicted molar refractivity (Wildman–Crippen MR) is 69.8 cm³/mol. The monoisotopic (exact) mass is 229 g/mol. The standard InChI is InChI=1S/C14H19N3/c1-10-6-4-5-7-13(10)12(3)17-9-16-8-14(17)11(2)15/h4-9,11-12H,15H2,1-3H3/t11-,12?/m1/s1. The van der Waals surface area contributed by atoms with Crippen LogP contribution in [0.25, 0.3) is 0 Å². The van der Waals surface area contributed by atoms with Gasteiger partial charge in [0.25, 0.3) is 0 Å². The minimum Gasteiger partial charge on any atom is -0.326 e. The molecule has 0 fully saturated rings. The first-order valence-electron chi connectivity index (χ1n) is 5.94. The van der Waals surface area contributed by atoms with E-state index in [1.54, 1.807) is 0 Å². The largest absolute Gasteiger partial charge is 0.326 e. The lowest BCUT2D eigenvalue weighted by Gasteiger charge is -2.20. The van der Waals surface area contributed by atoms with E-state index >= 15 is 0 Å². The Balaban J connectivity index is 2.41. The number of aryl methyl sites for hydroxylation is 1. The lowest BCUT2D eigenvalue weighted by atomic mass is 10.0. The Morgan fingerprint density at radius 1 is 1.24 bits per heavy atom. The zero-order valence-corrected chi connectivity index (χ0v) is 10.6. The predicted octanol–water partition coefficient (Wildman–Crippen LogP) is 2.82. The molecule has 0 spiro atoms. The number of hydrogen-bond donors (Lipinski definition) is 1. The van der Waals surface area contributed by atoms with Crippen molar-refractivity contribution in [1.29, 1.82) is 0 Å². The van der Waals surface area contributed by atoms with Gasteiger partial charge in [-0.2, -0.15) is 0 Å². The van der Waals surface area contributed by atoms with Gasteiger partial charge < -0.3 is 10.3 Å². The van der Waals surface area contributed by atoms with Gasteiger partial charge in [0.15, 0.2) is 0 Å². The van der Waals surface area contributed by atoms with Crippen LogP contribution in [0.2, 0.25) is 0 Å². The molecule has 3 nitrogen and oxygen atoms in total. The second-order valence-corrected chi connectivity index (χ2v) is 4.55. The van der Waals surface area contributed by atoms with Gasteiger partial charge in [-0.25, -0.2) is 4.98 Å². The van der Waals surface area contributed by atoms with Gasteiger partial charge in [-0.05, 0) is 31.9 Å². The number of aromatic nitrogens is 2. The molecular weight excluding hydrogens is 210 g/mol. The maximum absolute atomic E-state index is 5.95. The van der Waals surface area contributed by atoms with Crippen molar-refractivity contribution in [3.05, 3.63) is 53.6 Å². The summed E-state index contributed by atoms with van der Waals surface area (Å²) < 4.78 is 2.15. The van der Waals surface area contributed by atoms with Gasteiger partial charge in [0.1, 0.15) is 0 Å². The molecule has 1 unspecified atom stereocenters. The summed E-state index contributed by atoms with van der Waals surface area (Å²) in [5.41, 5.74) is 9.63. The molecule has 17 heavy (non-hydrogen) atoms. The molecule has 2 aromatic rings. The number of nitrogens with zero attached hydrogens (tertiary/aromatic N) is 2. The highest BCUT2D eigenvalue weighted by Crippen LogP contribution is 2.24. The summed E-state index contributed by atoms with van der Waals surface area (Å²) >= 11 is 0. The SMILES string of the molecule is Cc1ccccc1C(C)n1cncc1[C@@H](C)N. The minimum absolute atomic E-state index is 0.00367. The third-order valence-corrected chi connectivity index (χ3v) is 3.22. The van der Waals surface area contributed by atoms with Crippen LogP contribution < -0.4 is 5.73 Å². The van der Waals surface area contributed by atoms with Crippen LogP contribution in [-0.4, -0.2) is 9.55 Å². The molecule has 0 aliphatic rings. The van der Waals surface area contributed by atoms with Crippen molar-refractivity contribution in [2.45, 2.75) is 32.9 Å².